The lowest BCUT2D eigenvalue weighted by Gasteiger charge is -2.39. The smallest absolute Gasteiger partial charge is 0.165 e. The number of rotatable bonds is 2. The topological polar surface area (TPSA) is 17.1 Å². The van der Waals surface area contributed by atoms with Crippen molar-refractivity contribution in [2.75, 3.05) is 0 Å². The van der Waals surface area contributed by atoms with Gasteiger partial charge in [-0.3, -0.25) is 4.79 Å². The Bertz CT molecular complexity index is 589. The molecule has 2 atom stereocenters. The number of halogens is 2. The van der Waals surface area contributed by atoms with Crippen LogP contribution in [0.25, 0.3) is 6.08 Å². The second kappa shape index (κ2) is 6.14. The van der Waals surface area contributed by atoms with E-state index in [0.29, 0.717) is 16.0 Å². The molecule has 0 unspecified atom stereocenters. The molecule has 1 fully saturated rings. The lowest BCUT2D eigenvalue weighted by Crippen LogP contribution is -2.40. The van der Waals surface area contributed by atoms with Crippen molar-refractivity contribution in [2.45, 2.75) is 40.5 Å². The Morgan fingerprint density at radius 2 is 2.00 bits per heavy atom. The molecule has 1 aliphatic rings. The first-order chi connectivity index (χ1) is 9.77. The molecule has 1 nitrogen and oxygen atoms in total. The molecule has 0 aromatic heterocycles. The summed E-state index contributed by atoms with van der Waals surface area (Å²) in [6.07, 6.45) is 3.91. The van der Waals surface area contributed by atoms with E-state index < -0.39 is 0 Å². The predicted molar refractivity (Wildman–Crippen MR) is 90.8 cm³/mol. The summed E-state index contributed by atoms with van der Waals surface area (Å²) in [5.74, 6) is 0.849. The van der Waals surface area contributed by atoms with Gasteiger partial charge in [0.05, 0.1) is 10.0 Å². The number of allylic oxidation sites excluding steroid dienone is 1. The Balaban J connectivity index is 2.47. The van der Waals surface area contributed by atoms with E-state index in [-0.39, 0.29) is 17.1 Å². The Kier molecular flexibility index (Phi) is 4.85. The number of Topliss-reactive ketones (excluding diaryl/α,β-unsaturated/α-hetero) is 1. The first-order valence-electron chi connectivity index (χ1n) is 7.47. The summed E-state index contributed by atoms with van der Waals surface area (Å²) in [5, 5.41) is 1.04. The minimum absolute atomic E-state index is 0.257. The minimum atomic E-state index is -0.274. The second-order valence-electron chi connectivity index (χ2n) is 6.58. The molecule has 0 amide bonds. The van der Waals surface area contributed by atoms with Gasteiger partial charge in [0.1, 0.15) is 0 Å². The SMILES string of the molecule is CC(C)[C@@]1(C)CC[C@@H](C)C(=Cc2cccc(Cl)c2Cl)C1=O. The molecule has 0 N–H and O–H groups in total. The fourth-order valence-electron chi connectivity index (χ4n) is 2.90. The summed E-state index contributed by atoms with van der Waals surface area (Å²) in [4.78, 5) is 13.0. The predicted octanol–water partition coefficient (Wildman–Crippen LogP) is 6.04. The van der Waals surface area contributed by atoms with Crippen LogP contribution in [0.1, 0.15) is 46.1 Å². The van der Waals surface area contributed by atoms with Gasteiger partial charge in [-0.2, -0.15) is 0 Å². The number of benzene rings is 1. The van der Waals surface area contributed by atoms with Crippen LogP contribution in [-0.4, -0.2) is 5.78 Å². The monoisotopic (exact) mass is 324 g/mol. The fourth-order valence-corrected chi connectivity index (χ4v) is 3.26. The summed E-state index contributed by atoms with van der Waals surface area (Å²) in [6, 6.07) is 5.53. The van der Waals surface area contributed by atoms with Gasteiger partial charge in [-0.25, -0.2) is 0 Å². The summed E-state index contributed by atoms with van der Waals surface area (Å²) < 4.78 is 0. The first kappa shape index (κ1) is 16.6. The Morgan fingerprint density at radius 1 is 1.33 bits per heavy atom. The highest BCUT2D eigenvalue weighted by Crippen LogP contribution is 2.44. The van der Waals surface area contributed by atoms with Gasteiger partial charge in [0.25, 0.3) is 0 Å². The van der Waals surface area contributed by atoms with E-state index in [4.69, 9.17) is 23.2 Å². The Morgan fingerprint density at radius 3 is 2.62 bits per heavy atom. The van der Waals surface area contributed by atoms with Crippen LogP contribution in [-0.2, 0) is 4.79 Å². The average molecular weight is 325 g/mol. The molecule has 1 aromatic rings. The molecule has 3 heteroatoms. The largest absolute Gasteiger partial charge is 0.294 e. The second-order valence-corrected chi connectivity index (χ2v) is 7.37. The van der Waals surface area contributed by atoms with Gasteiger partial charge in [-0.15, -0.1) is 0 Å². The molecule has 0 spiro atoms. The molecule has 2 rings (SSSR count). The zero-order valence-corrected chi connectivity index (χ0v) is 14.6. The molecule has 1 aromatic carbocycles. The van der Waals surface area contributed by atoms with E-state index in [0.717, 1.165) is 24.0 Å². The van der Waals surface area contributed by atoms with Crippen molar-refractivity contribution >= 4 is 35.1 Å². The van der Waals surface area contributed by atoms with Gasteiger partial charge in [0.2, 0.25) is 0 Å². The van der Waals surface area contributed by atoms with Crippen LogP contribution in [0.5, 0.6) is 0 Å². The van der Waals surface area contributed by atoms with E-state index >= 15 is 0 Å². The number of carbonyl (C=O) groups excluding carboxylic acids is 1. The summed E-state index contributed by atoms with van der Waals surface area (Å²) in [7, 11) is 0. The van der Waals surface area contributed by atoms with Crippen molar-refractivity contribution in [2.24, 2.45) is 17.3 Å². The summed E-state index contributed by atoms with van der Waals surface area (Å²) in [6.45, 7) is 8.44. The summed E-state index contributed by atoms with van der Waals surface area (Å²) in [5.41, 5.74) is 1.43. The maximum atomic E-state index is 13.0. The van der Waals surface area contributed by atoms with Crippen LogP contribution in [0, 0.1) is 17.3 Å². The highest BCUT2D eigenvalue weighted by Gasteiger charge is 2.42. The number of hydrogen-bond acceptors (Lipinski definition) is 1. The molecular formula is C18H22Cl2O. The van der Waals surface area contributed by atoms with Crippen molar-refractivity contribution in [1.82, 2.24) is 0 Å². The normalized spacial score (nSPS) is 28.4. The average Bonchev–Trinajstić information content (AvgIpc) is 2.43. The van der Waals surface area contributed by atoms with E-state index in [9.17, 15) is 4.79 Å². The van der Waals surface area contributed by atoms with Gasteiger partial charge in [-0.1, -0.05) is 63.0 Å². The molecule has 0 bridgehead atoms. The molecule has 0 saturated heterocycles. The lowest BCUT2D eigenvalue weighted by molar-refractivity contribution is -0.129. The van der Waals surface area contributed by atoms with Crippen LogP contribution < -0.4 is 0 Å². The van der Waals surface area contributed by atoms with Crippen molar-refractivity contribution in [1.29, 1.82) is 0 Å². The van der Waals surface area contributed by atoms with Crippen molar-refractivity contribution in [3.8, 4) is 0 Å². The molecule has 1 saturated carbocycles. The first-order valence-corrected chi connectivity index (χ1v) is 8.23. The van der Waals surface area contributed by atoms with Gasteiger partial charge in [0, 0.05) is 5.41 Å². The third-order valence-corrected chi connectivity index (χ3v) is 5.81. The fraction of sp³-hybridized carbons (Fsp3) is 0.500. The molecule has 21 heavy (non-hydrogen) atoms. The maximum absolute atomic E-state index is 13.0. The zero-order chi connectivity index (χ0) is 15.8. The molecule has 0 radical (unpaired) electrons. The maximum Gasteiger partial charge on any atom is 0.165 e. The highest BCUT2D eigenvalue weighted by molar-refractivity contribution is 6.43. The molecule has 114 valence electrons. The molecule has 0 aliphatic heterocycles. The molecular weight excluding hydrogens is 303 g/mol. The van der Waals surface area contributed by atoms with Gasteiger partial charge in [-0.05, 0) is 48.0 Å². The quantitative estimate of drug-likeness (QED) is 0.606. The van der Waals surface area contributed by atoms with Crippen LogP contribution in [0.4, 0.5) is 0 Å². The number of carbonyl (C=O) groups is 1. The molecule has 1 aliphatic carbocycles. The molecule has 0 heterocycles. The third kappa shape index (κ3) is 3.05. The van der Waals surface area contributed by atoms with E-state index in [2.05, 4.69) is 27.7 Å². The van der Waals surface area contributed by atoms with Crippen molar-refractivity contribution in [3.05, 3.63) is 39.4 Å². The Hall–Kier alpha value is -0.790. The van der Waals surface area contributed by atoms with E-state index in [1.165, 1.54) is 0 Å². The zero-order valence-electron chi connectivity index (χ0n) is 13.0. The van der Waals surface area contributed by atoms with Crippen LogP contribution >= 0.6 is 23.2 Å². The third-order valence-electron chi connectivity index (χ3n) is 4.98. The van der Waals surface area contributed by atoms with E-state index in [1.54, 1.807) is 6.07 Å². The van der Waals surface area contributed by atoms with Gasteiger partial charge < -0.3 is 0 Å². The van der Waals surface area contributed by atoms with Crippen LogP contribution in [0.2, 0.25) is 10.0 Å². The van der Waals surface area contributed by atoms with Crippen LogP contribution in [0.15, 0.2) is 23.8 Å². The van der Waals surface area contributed by atoms with E-state index in [1.807, 2.05) is 18.2 Å². The minimum Gasteiger partial charge on any atom is -0.294 e. The summed E-state index contributed by atoms with van der Waals surface area (Å²) >= 11 is 12.3. The van der Waals surface area contributed by atoms with Gasteiger partial charge >= 0.3 is 0 Å². The Labute approximate surface area is 137 Å². The van der Waals surface area contributed by atoms with Crippen molar-refractivity contribution < 1.29 is 4.79 Å². The standard InChI is InChI=1S/C18H22Cl2O/c1-11(2)18(4)9-8-12(3)14(17(18)21)10-13-6-5-7-15(19)16(13)20/h5-7,10-12H,8-9H2,1-4H3/t12-,18-/m1/s1. The number of hydrogen-bond donors (Lipinski definition) is 0. The highest BCUT2D eigenvalue weighted by atomic mass is 35.5. The van der Waals surface area contributed by atoms with Crippen LogP contribution in [0.3, 0.4) is 0 Å². The number of ketones is 1. The van der Waals surface area contributed by atoms with Gasteiger partial charge in [0.15, 0.2) is 5.78 Å². The lowest BCUT2D eigenvalue weighted by atomic mass is 9.63. The van der Waals surface area contributed by atoms with Crippen molar-refractivity contribution in [3.63, 3.8) is 0 Å².